The third-order valence-corrected chi connectivity index (χ3v) is 7.89. The van der Waals surface area contributed by atoms with Crippen molar-refractivity contribution in [2.24, 2.45) is 0 Å². The van der Waals surface area contributed by atoms with E-state index in [2.05, 4.69) is 63.6 Å². The molecule has 220 valence electrons. The number of benzene rings is 2. The van der Waals surface area contributed by atoms with Crippen molar-refractivity contribution in [2.75, 3.05) is 13.1 Å². The summed E-state index contributed by atoms with van der Waals surface area (Å²) in [5.74, 6) is 1.70. The zero-order valence-electron chi connectivity index (χ0n) is 23.9. The molecule has 1 atom stereocenters. The minimum absolute atomic E-state index is 0.125. The van der Waals surface area contributed by atoms with Crippen molar-refractivity contribution in [3.05, 3.63) is 71.1 Å². The number of hydrogen-bond donors (Lipinski definition) is 4. The van der Waals surface area contributed by atoms with E-state index in [0.717, 1.165) is 67.0 Å². The lowest BCUT2D eigenvalue weighted by atomic mass is 9.89. The zero-order chi connectivity index (χ0) is 29.7. The summed E-state index contributed by atoms with van der Waals surface area (Å²) < 4.78 is 39.0. The van der Waals surface area contributed by atoms with Crippen molar-refractivity contribution >= 4 is 0 Å². The van der Waals surface area contributed by atoms with Crippen molar-refractivity contribution in [2.45, 2.75) is 70.6 Å². The SMILES string of the molecule is C#C.CCCNCc1nc(-c2ccc(-c3ccc4c(c3)CCc3[nH]c([C@@H]5CCCN5)nc3-4)cc2)c(CCC(F)(F)F)[nH]1. The highest BCUT2D eigenvalue weighted by molar-refractivity contribution is 5.76. The molecule has 0 spiro atoms. The predicted molar refractivity (Wildman–Crippen MR) is 161 cm³/mol. The second-order valence-corrected chi connectivity index (χ2v) is 10.9. The minimum Gasteiger partial charge on any atom is -0.344 e. The first-order chi connectivity index (χ1) is 20.4. The van der Waals surface area contributed by atoms with E-state index in [1.54, 1.807) is 0 Å². The van der Waals surface area contributed by atoms with Crippen LogP contribution in [0, 0.1) is 12.8 Å². The van der Waals surface area contributed by atoms with Gasteiger partial charge in [-0.15, -0.1) is 12.8 Å². The van der Waals surface area contributed by atoms with Gasteiger partial charge in [0.15, 0.2) is 0 Å². The standard InChI is InChI=1S/C31H35F3N6.C2H2/c1-2-15-35-18-27-37-25(13-14-31(32,33)34)28(39-27)20-7-5-19(6-8-20)21-9-11-23-22(17-21)10-12-24-29(23)40-30(38-24)26-4-3-16-36-26;1-2/h5-9,11,17,26,35-36H,2-4,10,12-16,18H2,1H3,(H,37,39)(H,38,40);1-2H/t26-;/m0./s1. The third-order valence-electron chi connectivity index (χ3n) is 7.89. The van der Waals surface area contributed by atoms with Gasteiger partial charge in [0.1, 0.15) is 11.6 Å². The van der Waals surface area contributed by atoms with Crippen LogP contribution in [0.5, 0.6) is 0 Å². The molecule has 2 aromatic carbocycles. The van der Waals surface area contributed by atoms with Crippen LogP contribution < -0.4 is 10.6 Å². The summed E-state index contributed by atoms with van der Waals surface area (Å²) in [6.45, 7) is 4.43. The van der Waals surface area contributed by atoms with Gasteiger partial charge < -0.3 is 20.6 Å². The highest BCUT2D eigenvalue weighted by Crippen LogP contribution is 2.37. The maximum absolute atomic E-state index is 13.0. The molecule has 9 heteroatoms. The summed E-state index contributed by atoms with van der Waals surface area (Å²) in [5.41, 5.74) is 8.88. The molecule has 4 N–H and O–H groups in total. The fraction of sp³-hybridized carbons (Fsp3) is 0.394. The van der Waals surface area contributed by atoms with Gasteiger partial charge in [-0.05, 0) is 68.3 Å². The Morgan fingerprint density at radius 1 is 0.952 bits per heavy atom. The first kappa shape index (κ1) is 29.6. The van der Waals surface area contributed by atoms with E-state index in [1.807, 2.05) is 24.3 Å². The lowest BCUT2D eigenvalue weighted by Gasteiger charge is -2.16. The molecule has 0 bridgehead atoms. The van der Waals surface area contributed by atoms with Gasteiger partial charge in [0.25, 0.3) is 0 Å². The Kier molecular flexibility index (Phi) is 9.15. The summed E-state index contributed by atoms with van der Waals surface area (Å²) in [7, 11) is 0. The molecule has 4 aromatic rings. The smallest absolute Gasteiger partial charge is 0.344 e. The van der Waals surface area contributed by atoms with Crippen molar-refractivity contribution in [1.82, 2.24) is 30.6 Å². The van der Waals surface area contributed by atoms with Crippen molar-refractivity contribution < 1.29 is 13.2 Å². The molecule has 2 aromatic heterocycles. The van der Waals surface area contributed by atoms with Crippen LogP contribution in [-0.2, 0) is 25.8 Å². The van der Waals surface area contributed by atoms with Gasteiger partial charge in [-0.1, -0.05) is 49.4 Å². The van der Waals surface area contributed by atoms with E-state index in [9.17, 15) is 13.2 Å². The average molecular weight is 575 g/mol. The fourth-order valence-corrected chi connectivity index (χ4v) is 5.83. The maximum atomic E-state index is 13.0. The topological polar surface area (TPSA) is 81.4 Å². The molecule has 0 radical (unpaired) electrons. The zero-order valence-corrected chi connectivity index (χ0v) is 23.9. The Bertz CT molecular complexity index is 1510. The van der Waals surface area contributed by atoms with E-state index in [0.29, 0.717) is 29.8 Å². The predicted octanol–water partition coefficient (Wildman–Crippen LogP) is 6.90. The second-order valence-electron chi connectivity index (χ2n) is 10.9. The van der Waals surface area contributed by atoms with Crippen LogP contribution in [0.2, 0.25) is 0 Å². The number of halogens is 3. The van der Waals surface area contributed by atoms with Gasteiger partial charge in [-0.3, -0.25) is 0 Å². The Hall–Kier alpha value is -3.87. The third kappa shape index (κ3) is 6.61. The molecule has 3 heterocycles. The molecule has 0 unspecified atom stereocenters. The van der Waals surface area contributed by atoms with E-state index < -0.39 is 12.6 Å². The van der Waals surface area contributed by atoms with Crippen LogP contribution >= 0.6 is 0 Å². The van der Waals surface area contributed by atoms with E-state index in [1.165, 1.54) is 23.2 Å². The van der Waals surface area contributed by atoms with Crippen LogP contribution in [0.25, 0.3) is 33.6 Å². The number of fused-ring (bicyclic) bond motifs is 3. The molecule has 0 saturated carbocycles. The van der Waals surface area contributed by atoms with Crippen molar-refractivity contribution in [1.29, 1.82) is 0 Å². The number of aryl methyl sites for hydroxylation is 3. The van der Waals surface area contributed by atoms with E-state index in [-0.39, 0.29) is 6.42 Å². The molecule has 1 saturated heterocycles. The molecule has 2 aliphatic rings. The largest absolute Gasteiger partial charge is 0.389 e. The van der Waals surface area contributed by atoms with Gasteiger partial charge in [0, 0.05) is 28.9 Å². The normalized spacial score (nSPS) is 16.0. The summed E-state index contributed by atoms with van der Waals surface area (Å²) in [6, 6.07) is 14.8. The molecule has 1 aliphatic heterocycles. The first-order valence-electron chi connectivity index (χ1n) is 14.6. The van der Waals surface area contributed by atoms with Crippen molar-refractivity contribution in [3.63, 3.8) is 0 Å². The number of rotatable bonds is 9. The fourth-order valence-electron chi connectivity index (χ4n) is 5.83. The highest BCUT2D eigenvalue weighted by Gasteiger charge is 2.28. The minimum atomic E-state index is -4.22. The van der Waals surface area contributed by atoms with E-state index >= 15 is 0 Å². The number of H-pyrrole nitrogens is 2. The Morgan fingerprint density at radius 3 is 2.43 bits per heavy atom. The second kappa shape index (κ2) is 13.0. The number of terminal acetylenes is 1. The number of aromatic nitrogens is 4. The molecular formula is C33H37F3N6. The number of alkyl halides is 3. The lowest BCUT2D eigenvalue weighted by Crippen LogP contribution is -2.14. The molecule has 0 amide bonds. The van der Waals surface area contributed by atoms with Gasteiger partial charge in [0.2, 0.25) is 0 Å². The van der Waals surface area contributed by atoms with Gasteiger partial charge in [-0.2, -0.15) is 13.2 Å². The summed E-state index contributed by atoms with van der Waals surface area (Å²) in [5, 5.41) is 6.80. The van der Waals surface area contributed by atoms with Crippen LogP contribution in [0.1, 0.15) is 67.2 Å². The Labute approximate surface area is 245 Å². The van der Waals surface area contributed by atoms with E-state index in [4.69, 9.17) is 4.98 Å². The number of hydrogen-bond acceptors (Lipinski definition) is 4. The molecule has 1 fully saturated rings. The molecule has 6 rings (SSSR count). The summed E-state index contributed by atoms with van der Waals surface area (Å²) >= 11 is 0. The number of aromatic amines is 2. The van der Waals surface area contributed by atoms with Crippen LogP contribution in [0.15, 0.2) is 42.5 Å². The molecule has 1 aliphatic carbocycles. The monoisotopic (exact) mass is 574 g/mol. The highest BCUT2D eigenvalue weighted by atomic mass is 19.4. The maximum Gasteiger partial charge on any atom is 0.389 e. The first-order valence-corrected chi connectivity index (χ1v) is 14.6. The van der Waals surface area contributed by atoms with Crippen LogP contribution in [0.3, 0.4) is 0 Å². The van der Waals surface area contributed by atoms with Crippen LogP contribution in [-0.4, -0.2) is 39.2 Å². The van der Waals surface area contributed by atoms with Crippen LogP contribution in [0.4, 0.5) is 13.2 Å². The van der Waals surface area contributed by atoms with Gasteiger partial charge in [0.05, 0.1) is 24.0 Å². The molecule has 6 nitrogen and oxygen atoms in total. The average Bonchev–Trinajstić information content (AvgIpc) is 3.77. The summed E-state index contributed by atoms with van der Waals surface area (Å²) in [6.07, 6.45) is 7.95. The summed E-state index contributed by atoms with van der Waals surface area (Å²) in [4.78, 5) is 16.4. The Morgan fingerprint density at radius 2 is 1.71 bits per heavy atom. The number of nitrogens with zero attached hydrogens (tertiary/aromatic N) is 2. The molecular weight excluding hydrogens is 537 g/mol. The number of imidazole rings is 2. The Balaban J connectivity index is 0.00000173. The van der Waals surface area contributed by atoms with Crippen molar-refractivity contribution in [3.8, 4) is 46.5 Å². The lowest BCUT2D eigenvalue weighted by molar-refractivity contribution is -0.134. The quantitative estimate of drug-likeness (QED) is 0.130. The number of nitrogens with one attached hydrogen (secondary N) is 4. The van der Waals surface area contributed by atoms with Gasteiger partial charge in [-0.25, -0.2) is 9.97 Å². The molecule has 42 heavy (non-hydrogen) atoms. The van der Waals surface area contributed by atoms with Gasteiger partial charge >= 0.3 is 6.18 Å².